The summed E-state index contributed by atoms with van der Waals surface area (Å²) in [4.78, 5) is 0. The number of hydrogen-bond donors (Lipinski definition) is 0. The topological polar surface area (TPSA) is 27.7 Å². The summed E-state index contributed by atoms with van der Waals surface area (Å²) < 4.78 is 18.7. The summed E-state index contributed by atoms with van der Waals surface area (Å²) >= 11 is 0. The van der Waals surface area contributed by atoms with E-state index in [2.05, 4.69) is 46.0 Å². The fourth-order valence-electron chi connectivity index (χ4n) is 3.24. The zero-order valence-corrected chi connectivity index (χ0v) is 15.9. The van der Waals surface area contributed by atoms with Gasteiger partial charge in [-0.05, 0) is 53.1 Å². The number of allylic oxidation sites excluding steroid dienone is 2. The van der Waals surface area contributed by atoms with Crippen molar-refractivity contribution in [1.82, 2.24) is 0 Å². The summed E-state index contributed by atoms with van der Waals surface area (Å²) in [6.45, 7) is 13.2. The van der Waals surface area contributed by atoms with E-state index in [1.165, 1.54) is 6.42 Å². The van der Waals surface area contributed by atoms with Gasteiger partial charge in [0.2, 0.25) is 0 Å². The van der Waals surface area contributed by atoms with Gasteiger partial charge >= 0.3 is 8.56 Å². The molecule has 1 aliphatic rings. The quantitative estimate of drug-likeness (QED) is 0.466. The zero-order chi connectivity index (χ0) is 15.1. The van der Waals surface area contributed by atoms with Crippen LogP contribution in [0.1, 0.15) is 40.0 Å². The summed E-state index contributed by atoms with van der Waals surface area (Å²) in [6.07, 6.45) is 8.08. The molecule has 0 aliphatic heterocycles. The Morgan fingerprint density at radius 1 is 0.950 bits per heavy atom. The Balaban J connectivity index is 2.93. The van der Waals surface area contributed by atoms with Gasteiger partial charge in [-0.2, -0.15) is 0 Å². The number of hydrogen-bond acceptors (Lipinski definition) is 3. The van der Waals surface area contributed by atoms with E-state index >= 15 is 0 Å². The molecule has 0 bridgehead atoms. The van der Waals surface area contributed by atoms with Crippen LogP contribution in [0.25, 0.3) is 0 Å². The van der Waals surface area contributed by atoms with Gasteiger partial charge in [-0.1, -0.05) is 12.2 Å². The maximum absolute atomic E-state index is 6.33. The molecule has 20 heavy (non-hydrogen) atoms. The summed E-state index contributed by atoms with van der Waals surface area (Å²) in [5, 5.41) is 0. The van der Waals surface area contributed by atoms with Crippen LogP contribution in [0.3, 0.4) is 0 Å². The molecule has 0 spiro atoms. The second-order valence-electron chi connectivity index (χ2n) is 6.03. The molecule has 118 valence electrons. The predicted octanol–water partition coefficient (Wildman–Crippen LogP) is 4.39. The third-order valence-electron chi connectivity index (χ3n) is 3.88. The van der Waals surface area contributed by atoms with Gasteiger partial charge in [-0.15, -0.1) is 0 Å². The van der Waals surface area contributed by atoms with Gasteiger partial charge in [0.05, 0.1) is 0 Å². The van der Waals surface area contributed by atoms with Crippen LogP contribution in [0.15, 0.2) is 12.2 Å². The Bertz CT molecular complexity index is 299. The van der Waals surface area contributed by atoms with E-state index in [1.807, 2.05) is 0 Å². The largest absolute Gasteiger partial charge is 0.418 e. The molecule has 5 heteroatoms. The third-order valence-corrected chi connectivity index (χ3v) is 13.6. The smallest absolute Gasteiger partial charge is 0.341 e. The minimum absolute atomic E-state index is 0.583. The molecule has 0 amide bonds. The van der Waals surface area contributed by atoms with Gasteiger partial charge in [-0.25, -0.2) is 0 Å². The summed E-state index contributed by atoms with van der Waals surface area (Å²) in [6, 6.07) is 0. The molecule has 0 aromatic heterocycles. The Morgan fingerprint density at radius 3 is 2.00 bits per heavy atom. The van der Waals surface area contributed by atoms with Gasteiger partial charge in [0, 0.05) is 31.0 Å². The monoisotopic (exact) mass is 316 g/mol. The van der Waals surface area contributed by atoms with Crippen molar-refractivity contribution in [2.75, 3.05) is 19.8 Å². The fourth-order valence-corrected chi connectivity index (χ4v) is 13.8. The average molecular weight is 317 g/mol. The van der Waals surface area contributed by atoms with Crippen molar-refractivity contribution in [3.63, 3.8) is 0 Å². The first-order chi connectivity index (χ1) is 9.49. The molecule has 0 N–H and O–H groups in total. The van der Waals surface area contributed by atoms with Gasteiger partial charge in [0.1, 0.15) is 0 Å². The summed E-state index contributed by atoms with van der Waals surface area (Å²) in [7, 11) is -3.89. The Kier molecular flexibility index (Phi) is 7.68. The molecule has 0 aromatic carbocycles. The molecule has 1 unspecified atom stereocenters. The van der Waals surface area contributed by atoms with Crippen LogP contribution >= 0.6 is 0 Å². The molecule has 1 atom stereocenters. The zero-order valence-electron chi connectivity index (χ0n) is 13.9. The third kappa shape index (κ3) is 5.11. The van der Waals surface area contributed by atoms with Crippen molar-refractivity contribution in [1.29, 1.82) is 0 Å². The minimum Gasteiger partial charge on any atom is -0.418 e. The Morgan fingerprint density at radius 2 is 1.55 bits per heavy atom. The predicted molar refractivity (Wildman–Crippen MR) is 89.7 cm³/mol. The SMILES string of the molecule is CCO[Si](C)(C)C[Si](OCC)(OCC)C1CC=CCC1. The first-order valence-electron chi connectivity index (χ1n) is 8.06. The molecule has 3 nitrogen and oxygen atoms in total. The molecule has 0 fully saturated rings. The molecule has 1 rings (SSSR count). The van der Waals surface area contributed by atoms with Crippen molar-refractivity contribution in [2.45, 2.75) is 64.3 Å². The molecule has 0 saturated carbocycles. The van der Waals surface area contributed by atoms with Crippen LogP contribution in [-0.4, -0.2) is 36.7 Å². The lowest BCUT2D eigenvalue weighted by Crippen LogP contribution is -2.54. The molecule has 1 aliphatic carbocycles. The first kappa shape index (κ1) is 18.1. The summed E-state index contributed by atoms with van der Waals surface area (Å²) in [5.41, 5.74) is 1.63. The second kappa shape index (κ2) is 8.49. The standard InChI is InChI=1S/C15H32O3Si2/c1-6-16-19(4,5)14-20(17-7-2,18-8-3)15-12-10-9-11-13-15/h9-10,15H,6-8,11-14H2,1-5H3. The molecule has 0 aromatic rings. The Hall–Kier alpha value is 0.0538. The lowest BCUT2D eigenvalue weighted by Gasteiger charge is -2.41. The van der Waals surface area contributed by atoms with Gasteiger partial charge < -0.3 is 13.3 Å². The highest BCUT2D eigenvalue weighted by atomic mass is 28.4. The van der Waals surface area contributed by atoms with E-state index in [1.54, 1.807) is 0 Å². The lowest BCUT2D eigenvalue weighted by atomic mass is 10.1. The van der Waals surface area contributed by atoms with E-state index < -0.39 is 16.9 Å². The Labute approximate surface area is 127 Å². The van der Waals surface area contributed by atoms with Crippen molar-refractivity contribution >= 4 is 16.9 Å². The second-order valence-corrected chi connectivity index (χ2v) is 14.3. The molecular weight excluding hydrogens is 284 g/mol. The van der Waals surface area contributed by atoms with Crippen molar-refractivity contribution in [2.24, 2.45) is 0 Å². The van der Waals surface area contributed by atoms with Crippen LogP contribution in [0, 0.1) is 0 Å². The van der Waals surface area contributed by atoms with Crippen LogP contribution in [-0.2, 0) is 13.3 Å². The molecule has 0 heterocycles. The fraction of sp³-hybridized carbons (Fsp3) is 0.867. The van der Waals surface area contributed by atoms with Gasteiger partial charge in [0.15, 0.2) is 8.32 Å². The van der Waals surface area contributed by atoms with E-state index in [-0.39, 0.29) is 0 Å². The highest BCUT2D eigenvalue weighted by molar-refractivity contribution is 6.88. The molecular formula is C15H32O3Si2. The highest BCUT2D eigenvalue weighted by Crippen LogP contribution is 2.40. The van der Waals surface area contributed by atoms with Crippen molar-refractivity contribution in [3.8, 4) is 0 Å². The van der Waals surface area contributed by atoms with Gasteiger partial charge in [0.25, 0.3) is 0 Å². The lowest BCUT2D eigenvalue weighted by molar-refractivity contribution is 0.171. The van der Waals surface area contributed by atoms with Crippen LogP contribution in [0.5, 0.6) is 0 Å². The van der Waals surface area contributed by atoms with Crippen LogP contribution in [0.4, 0.5) is 0 Å². The van der Waals surface area contributed by atoms with Crippen molar-refractivity contribution < 1.29 is 13.3 Å². The maximum atomic E-state index is 6.33. The van der Waals surface area contributed by atoms with Crippen molar-refractivity contribution in [3.05, 3.63) is 12.2 Å². The van der Waals surface area contributed by atoms with E-state index in [4.69, 9.17) is 13.3 Å². The van der Waals surface area contributed by atoms with E-state index in [0.29, 0.717) is 5.54 Å². The molecule has 0 radical (unpaired) electrons. The molecule has 0 saturated heterocycles. The van der Waals surface area contributed by atoms with Gasteiger partial charge in [-0.3, -0.25) is 0 Å². The maximum Gasteiger partial charge on any atom is 0.341 e. The first-order valence-corrected chi connectivity index (χ1v) is 13.3. The van der Waals surface area contributed by atoms with Crippen LogP contribution < -0.4 is 0 Å². The summed E-state index contributed by atoms with van der Waals surface area (Å²) in [5.74, 6) is 0. The normalized spacial score (nSPS) is 20.4. The highest BCUT2D eigenvalue weighted by Gasteiger charge is 2.50. The van der Waals surface area contributed by atoms with Crippen LogP contribution in [0.2, 0.25) is 24.3 Å². The number of rotatable bonds is 9. The van der Waals surface area contributed by atoms with E-state index in [9.17, 15) is 0 Å². The average Bonchev–Trinajstić information content (AvgIpc) is 2.39. The minimum atomic E-state index is -2.18. The van der Waals surface area contributed by atoms with E-state index in [0.717, 1.165) is 38.3 Å².